The minimum atomic E-state index is -4.92. The molecule has 1 aliphatic heterocycles. The maximum absolute atomic E-state index is 14.4. The molecule has 5 aromatic rings. The molecule has 4 amide bonds. The summed E-state index contributed by atoms with van der Waals surface area (Å²) in [5.74, 6) is -3.50. The fourth-order valence-electron chi connectivity index (χ4n) is 7.17. The van der Waals surface area contributed by atoms with Gasteiger partial charge in [0.15, 0.2) is 11.8 Å². The van der Waals surface area contributed by atoms with E-state index >= 15 is 0 Å². The fourth-order valence-corrected chi connectivity index (χ4v) is 7.57. The van der Waals surface area contributed by atoms with Crippen molar-refractivity contribution in [2.24, 2.45) is 0 Å². The average Bonchev–Trinajstić information content (AvgIpc) is 3.80. The van der Waals surface area contributed by atoms with Crippen molar-refractivity contribution in [2.75, 3.05) is 18.5 Å². The number of nitro groups is 1. The van der Waals surface area contributed by atoms with Crippen LogP contribution in [0.25, 0.3) is 11.0 Å². The zero-order chi connectivity index (χ0) is 48.3. The number of hydrogen-bond donors (Lipinski definition) is 11. The van der Waals surface area contributed by atoms with Crippen LogP contribution in [0.15, 0.2) is 102 Å². The molecule has 11 N–H and O–H groups in total. The number of nitro benzene ring substituents is 1. The van der Waals surface area contributed by atoms with Crippen LogP contribution >= 0.6 is 7.82 Å². The molecular formula is C42H47N8O16P. The monoisotopic (exact) mass is 950 g/mol. The second-order valence-corrected chi connectivity index (χ2v) is 16.5. The average molecular weight is 951 g/mol. The van der Waals surface area contributed by atoms with Gasteiger partial charge in [0.25, 0.3) is 0 Å². The molecule has 1 aliphatic rings. The van der Waals surface area contributed by atoms with Crippen LogP contribution in [0, 0.1) is 10.1 Å². The number of phosphoric acid groups is 1. The molecule has 1 saturated heterocycles. The molecule has 4 unspecified atom stereocenters. The van der Waals surface area contributed by atoms with Gasteiger partial charge in [-0.25, -0.2) is 9.19 Å². The number of nitrogens with one attached hydrogen (secondary N) is 5. The Labute approximate surface area is 380 Å². The first kappa shape index (κ1) is 49.5. The summed E-state index contributed by atoms with van der Waals surface area (Å²) in [4.78, 5) is 85.4. The van der Waals surface area contributed by atoms with Gasteiger partial charge in [-0.1, -0.05) is 72.8 Å². The normalized spacial score (nSPS) is 19.6. The number of hydrogen-bond acceptors (Lipinski definition) is 17. The number of fused-ring (bicyclic) bond motifs is 1. The maximum Gasteiger partial charge on any atom is 0.524 e. The van der Waals surface area contributed by atoms with Crippen LogP contribution in [0.4, 0.5) is 11.4 Å². The van der Waals surface area contributed by atoms with Crippen LogP contribution in [-0.2, 0) is 47.7 Å². The zero-order valence-corrected chi connectivity index (χ0v) is 36.0. The highest BCUT2D eigenvalue weighted by molar-refractivity contribution is 7.46. The number of phosphoric ester groups is 1. The molecule has 0 bridgehead atoms. The van der Waals surface area contributed by atoms with Gasteiger partial charge >= 0.3 is 13.5 Å². The number of ether oxygens (including phenoxy) is 1. The Kier molecular flexibility index (Phi) is 16.7. The summed E-state index contributed by atoms with van der Waals surface area (Å²) >= 11 is 0. The smallest absolute Gasteiger partial charge is 0.404 e. The van der Waals surface area contributed by atoms with E-state index in [4.69, 9.17) is 9.37 Å². The van der Waals surface area contributed by atoms with Crippen molar-refractivity contribution < 1.29 is 72.8 Å². The van der Waals surface area contributed by atoms with Crippen molar-refractivity contribution in [2.45, 2.75) is 74.5 Å². The van der Waals surface area contributed by atoms with Gasteiger partial charge in [-0.15, -0.1) is 0 Å². The summed E-state index contributed by atoms with van der Waals surface area (Å²) in [6, 6.07) is 19.0. The predicted molar refractivity (Wildman–Crippen MR) is 232 cm³/mol. The Hall–Kier alpha value is -6.89. The summed E-state index contributed by atoms with van der Waals surface area (Å²) in [6.45, 7) is -0.789. The fraction of sp³-hybridized carbons (Fsp3) is 0.333. The van der Waals surface area contributed by atoms with Gasteiger partial charge in [0, 0.05) is 38.3 Å². The summed E-state index contributed by atoms with van der Waals surface area (Å²) in [5, 5.41) is 73.5. The third-order valence-corrected chi connectivity index (χ3v) is 11.0. The first-order valence-corrected chi connectivity index (χ1v) is 22.1. The summed E-state index contributed by atoms with van der Waals surface area (Å²) < 4.78 is 25.9. The van der Waals surface area contributed by atoms with Crippen molar-refractivity contribution >= 4 is 53.9 Å². The molecule has 24 nitrogen and oxygen atoms in total. The predicted octanol–water partition coefficient (Wildman–Crippen LogP) is -0.497. The molecule has 1 aromatic heterocycles. The standard InChI is InChI=1S/C42H47N8O16P/c51-22-32-37(53)38(54)36(42(58)64-32)47-41(57)30(21-25-11-13-26(14-12-25)65-67(61,62)63)46-40(56)29(20-24-9-5-2-6-10-24)45-39(55)28(19-23-7-3-1-4-8-23)44-33(52)17-18-43-27-15-16-31(50(59)60)35-34(27)48-66-49-35/h1-16,28-30,32,36-38,42-43,51,53-54,58H,17-22H2,(H,44,52)(H,45,55)(H,46,56)(H,47,57)(H2,61,62,63)/t28?,29?,30?,32?,36-,37-,38-,42-/m1/s1. The lowest BCUT2D eigenvalue weighted by Crippen LogP contribution is -2.66. The van der Waals surface area contributed by atoms with E-state index in [-0.39, 0.29) is 54.7 Å². The van der Waals surface area contributed by atoms with E-state index in [1.54, 1.807) is 60.7 Å². The van der Waals surface area contributed by atoms with E-state index in [9.17, 15) is 64.1 Å². The quantitative estimate of drug-likeness (QED) is 0.0251. The Morgan fingerprint density at radius 2 is 1.27 bits per heavy atom. The van der Waals surface area contributed by atoms with Crippen molar-refractivity contribution in [1.82, 2.24) is 31.6 Å². The number of aliphatic hydroxyl groups excluding tert-OH is 4. The molecule has 6 rings (SSSR count). The molecular weight excluding hydrogens is 903 g/mol. The number of benzene rings is 4. The lowest BCUT2D eigenvalue weighted by atomic mass is 9.96. The Morgan fingerprint density at radius 1 is 0.731 bits per heavy atom. The highest BCUT2D eigenvalue weighted by atomic mass is 31.2. The number of non-ortho nitro benzene ring substituents is 1. The second-order valence-electron chi connectivity index (χ2n) is 15.3. The highest BCUT2D eigenvalue weighted by Crippen LogP contribution is 2.37. The number of carbonyl (C=O) groups excluding carboxylic acids is 4. The molecule has 25 heteroatoms. The largest absolute Gasteiger partial charge is 0.524 e. The first-order valence-electron chi connectivity index (χ1n) is 20.6. The molecule has 2 heterocycles. The number of amides is 4. The number of rotatable bonds is 21. The van der Waals surface area contributed by atoms with E-state index < -0.39 is 91.8 Å². The molecule has 0 radical (unpaired) electrons. The number of carbonyl (C=O) groups is 4. The Balaban J connectivity index is 1.22. The lowest BCUT2D eigenvalue weighted by Gasteiger charge is -2.40. The second kappa shape index (κ2) is 22.5. The van der Waals surface area contributed by atoms with E-state index in [0.717, 1.165) is 0 Å². The van der Waals surface area contributed by atoms with Gasteiger partial charge in [0.05, 0.1) is 17.2 Å². The molecule has 0 aliphatic carbocycles. The van der Waals surface area contributed by atoms with Gasteiger partial charge < -0.3 is 56.3 Å². The van der Waals surface area contributed by atoms with Crippen LogP contribution < -0.4 is 31.1 Å². The number of aliphatic hydroxyl groups is 4. The van der Waals surface area contributed by atoms with Crippen LogP contribution in [0.5, 0.6) is 5.75 Å². The topological polar surface area (TPSA) is 367 Å². The van der Waals surface area contributed by atoms with Gasteiger partial charge in [0.2, 0.25) is 29.1 Å². The molecule has 1 fully saturated rings. The minimum absolute atomic E-state index is 0.0186. The van der Waals surface area contributed by atoms with Crippen molar-refractivity contribution in [3.63, 3.8) is 0 Å². The van der Waals surface area contributed by atoms with Crippen LogP contribution in [-0.4, -0.2) is 131 Å². The van der Waals surface area contributed by atoms with Crippen LogP contribution in [0.2, 0.25) is 0 Å². The molecule has 0 spiro atoms. The Bertz CT molecular complexity index is 2550. The molecule has 0 saturated carbocycles. The van der Waals surface area contributed by atoms with Gasteiger partial charge in [-0.05, 0) is 45.2 Å². The molecule has 356 valence electrons. The van der Waals surface area contributed by atoms with Crippen molar-refractivity contribution in [3.8, 4) is 5.75 Å². The molecule has 67 heavy (non-hydrogen) atoms. The van der Waals surface area contributed by atoms with Crippen molar-refractivity contribution in [1.29, 1.82) is 0 Å². The summed E-state index contributed by atoms with van der Waals surface area (Å²) in [6.07, 6.45) is -7.55. The summed E-state index contributed by atoms with van der Waals surface area (Å²) in [5.41, 5.74) is 1.49. The molecule has 8 atom stereocenters. The third kappa shape index (κ3) is 13.6. The van der Waals surface area contributed by atoms with Gasteiger partial charge in [-0.2, -0.15) is 0 Å². The minimum Gasteiger partial charge on any atom is -0.404 e. The highest BCUT2D eigenvalue weighted by Gasteiger charge is 2.45. The van der Waals surface area contributed by atoms with E-state index in [0.29, 0.717) is 22.4 Å². The number of aromatic nitrogens is 2. The van der Waals surface area contributed by atoms with Crippen LogP contribution in [0.1, 0.15) is 23.1 Å². The van der Waals surface area contributed by atoms with Gasteiger partial charge in [0.1, 0.15) is 48.2 Å². The van der Waals surface area contributed by atoms with Gasteiger partial charge in [-0.3, -0.25) is 39.1 Å². The van der Waals surface area contributed by atoms with E-state index in [2.05, 4.69) is 41.4 Å². The van der Waals surface area contributed by atoms with E-state index in [1.807, 2.05) is 0 Å². The lowest BCUT2D eigenvalue weighted by molar-refractivity contribution is -0.383. The Morgan fingerprint density at radius 3 is 1.82 bits per heavy atom. The maximum atomic E-state index is 14.4. The molecule has 4 aromatic carbocycles. The SMILES string of the molecule is O=C(CCNc1ccc([N+](=O)[O-])c2nonc12)NC(Cc1ccccc1)C(=O)NC(Cc1ccccc1)C(=O)NC(Cc1ccc(OP(=O)(O)O)cc1)C(=O)N[C@@H]1[C@@H](O)[C@H](O)C(CO)O[C@H]1O. The van der Waals surface area contributed by atoms with E-state index in [1.165, 1.54) is 36.4 Å². The first-order chi connectivity index (χ1) is 32.0. The zero-order valence-electron chi connectivity index (χ0n) is 35.2. The van der Waals surface area contributed by atoms with Crippen molar-refractivity contribution in [3.05, 3.63) is 124 Å². The third-order valence-electron chi connectivity index (χ3n) is 10.5. The number of nitrogens with zero attached hydrogens (tertiary/aromatic N) is 3. The van der Waals surface area contributed by atoms with Crippen LogP contribution in [0.3, 0.4) is 0 Å². The number of anilines is 1. The summed E-state index contributed by atoms with van der Waals surface area (Å²) in [7, 11) is -4.92.